The van der Waals surface area contributed by atoms with Crippen LogP contribution in [0.4, 0.5) is 5.69 Å². The van der Waals surface area contributed by atoms with Gasteiger partial charge in [-0.2, -0.15) is 5.10 Å². The van der Waals surface area contributed by atoms with E-state index < -0.39 is 4.92 Å². The first-order valence-corrected chi connectivity index (χ1v) is 4.78. The van der Waals surface area contributed by atoms with Crippen molar-refractivity contribution in [2.45, 2.75) is 0 Å². The zero-order chi connectivity index (χ0) is 11.8. The summed E-state index contributed by atoms with van der Waals surface area (Å²) in [5, 5.41) is 14.7. The molecule has 0 aliphatic rings. The van der Waals surface area contributed by atoms with E-state index in [1.54, 1.807) is 18.2 Å². The highest BCUT2D eigenvalue weighted by molar-refractivity contribution is 5.64. The van der Waals surface area contributed by atoms with E-state index in [1.165, 1.54) is 23.2 Å². The SMILES string of the molecule is O=[N+]([O-])c1cnn2c(-c3ccco3)ccnc12. The number of hydrogen-bond donors (Lipinski definition) is 0. The lowest BCUT2D eigenvalue weighted by Crippen LogP contribution is -1.95. The average Bonchev–Trinajstić information content (AvgIpc) is 2.97. The van der Waals surface area contributed by atoms with Gasteiger partial charge in [-0.15, -0.1) is 0 Å². The summed E-state index contributed by atoms with van der Waals surface area (Å²) < 4.78 is 6.62. The normalized spacial score (nSPS) is 10.8. The summed E-state index contributed by atoms with van der Waals surface area (Å²) in [7, 11) is 0. The van der Waals surface area contributed by atoms with Crippen LogP contribution < -0.4 is 0 Å². The van der Waals surface area contributed by atoms with E-state index in [4.69, 9.17) is 4.42 Å². The van der Waals surface area contributed by atoms with Crippen LogP contribution in [0.15, 0.2) is 41.3 Å². The van der Waals surface area contributed by atoms with Crippen molar-refractivity contribution in [2.24, 2.45) is 0 Å². The first-order valence-electron chi connectivity index (χ1n) is 4.78. The van der Waals surface area contributed by atoms with Crippen LogP contribution in [-0.4, -0.2) is 19.5 Å². The second-order valence-corrected chi connectivity index (χ2v) is 3.33. The summed E-state index contributed by atoms with van der Waals surface area (Å²) in [5.74, 6) is 0.579. The fourth-order valence-electron chi connectivity index (χ4n) is 1.62. The first-order chi connectivity index (χ1) is 8.27. The summed E-state index contributed by atoms with van der Waals surface area (Å²) in [4.78, 5) is 14.2. The molecule has 7 nitrogen and oxygen atoms in total. The number of rotatable bonds is 2. The predicted octanol–water partition coefficient (Wildman–Crippen LogP) is 1.90. The third-order valence-electron chi connectivity index (χ3n) is 2.35. The Morgan fingerprint density at radius 1 is 1.41 bits per heavy atom. The van der Waals surface area contributed by atoms with Crippen molar-refractivity contribution >= 4 is 11.3 Å². The van der Waals surface area contributed by atoms with Crippen molar-refractivity contribution in [1.29, 1.82) is 0 Å². The van der Waals surface area contributed by atoms with Crippen molar-refractivity contribution < 1.29 is 9.34 Å². The Kier molecular flexibility index (Phi) is 1.91. The minimum atomic E-state index is -0.513. The lowest BCUT2D eigenvalue weighted by Gasteiger charge is -1.99. The van der Waals surface area contributed by atoms with Crippen molar-refractivity contribution in [2.75, 3.05) is 0 Å². The van der Waals surface area contributed by atoms with Crippen LogP contribution in [0.3, 0.4) is 0 Å². The maximum Gasteiger partial charge on any atom is 0.333 e. The van der Waals surface area contributed by atoms with E-state index in [2.05, 4.69) is 10.1 Å². The van der Waals surface area contributed by atoms with Crippen molar-refractivity contribution in [3.63, 3.8) is 0 Å². The van der Waals surface area contributed by atoms with E-state index in [1.807, 2.05) is 0 Å². The highest BCUT2D eigenvalue weighted by Crippen LogP contribution is 2.24. The Labute approximate surface area is 94.5 Å². The van der Waals surface area contributed by atoms with Gasteiger partial charge in [-0.1, -0.05) is 0 Å². The topological polar surface area (TPSA) is 86.5 Å². The van der Waals surface area contributed by atoms with Gasteiger partial charge in [0.2, 0.25) is 5.65 Å². The molecule has 0 atom stereocenters. The Balaban J connectivity index is 2.32. The molecule has 3 rings (SSSR count). The molecule has 7 heteroatoms. The molecule has 0 saturated carbocycles. The first kappa shape index (κ1) is 9.52. The number of fused-ring (bicyclic) bond motifs is 1. The molecule has 3 aromatic rings. The molecule has 0 bridgehead atoms. The van der Waals surface area contributed by atoms with Gasteiger partial charge in [-0.25, -0.2) is 9.50 Å². The Bertz CT molecular complexity index is 687. The van der Waals surface area contributed by atoms with Gasteiger partial charge in [0.25, 0.3) is 0 Å². The van der Waals surface area contributed by atoms with Gasteiger partial charge in [-0.05, 0) is 18.2 Å². The van der Waals surface area contributed by atoms with Crippen LogP contribution in [0.1, 0.15) is 0 Å². The quantitative estimate of drug-likeness (QED) is 0.495. The van der Waals surface area contributed by atoms with Gasteiger partial charge >= 0.3 is 5.69 Å². The Morgan fingerprint density at radius 3 is 3.00 bits per heavy atom. The van der Waals surface area contributed by atoms with Gasteiger partial charge in [-0.3, -0.25) is 10.1 Å². The standard InChI is InChI=1S/C10H6N4O3/c15-14(16)8-6-12-13-7(3-4-11-10(8)13)9-2-1-5-17-9/h1-6H. The summed E-state index contributed by atoms with van der Waals surface area (Å²) >= 11 is 0. The lowest BCUT2D eigenvalue weighted by molar-refractivity contribution is -0.383. The highest BCUT2D eigenvalue weighted by atomic mass is 16.6. The fraction of sp³-hybridized carbons (Fsp3) is 0. The molecular weight excluding hydrogens is 224 g/mol. The van der Waals surface area contributed by atoms with Crippen molar-refractivity contribution in [3.05, 3.63) is 47.0 Å². The molecule has 0 aromatic carbocycles. The number of aromatic nitrogens is 3. The maximum atomic E-state index is 10.8. The average molecular weight is 230 g/mol. The zero-order valence-corrected chi connectivity index (χ0v) is 8.48. The number of nitro groups is 1. The number of nitrogens with zero attached hydrogens (tertiary/aromatic N) is 4. The number of furan rings is 1. The monoisotopic (exact) mass is 230 g/mol. The minimum Gasteiger partial charge on any atom is -0.463 e. The molecule has 0 spiro atoms. The summed E-state index contributed by atoms with van der Waals surface area (Å²) in [6, 6.07) is 5.17. The molecule has 3 heterocycles. The van der Waals surface area contributed by atoms with Crippen LogP contribution >= 0.6 is 0 Å². The van der Waals surface area contributed by atoms with E-state index in [0.29, 0.717) is 11.5 Å². The van der Waals surface area contributed by atoms with Gasteiger partial charge in [0.05, 0.1) is 11.2 Å². The Hall–Kier alpha value is -2.70. The summed E-state index contributed by atoms with van der Waals surface area (Å²) in [6.07, 6.45) is 4.19. The fourth-order valence-corrected chi connectivity index (χ4v) is 1.62. The van der Waals surface area contributed by atoms with Crippen molar-refractivity contribution in [3.8, 4) is 11.5 Å². The minimum absolute atomic E-state index is 0.126. The molecule has 0 aliphatic carbocycles. The third kappa shape index (κ3) is 1.36. The number of hydrogen-bond acceptors (Lipinski definition) is 5. The van der Waals surface area contributed by atoms with Gasteiger partial charge in [0.15, 0.2) is 5.76 Å². The predicted molar refractivity (Wildman–Crippen MR) is 57.3 cm³/mol. The molecular formula is C10H6N4O3. The molecule has 3 aromatic heterocycles. The molecule has 0 aliphatic heterocycles. The largest absolute Gasteiger partial charge is 0.463 e. The molecule has 0 unspecified atom stereocenters. The molecule has 0 amide bonds. The van der Waals surface area contributed by atoms with Gasteiger partial charge < -0.3 is 4.42 Å². The molecule has 17 heavy (non-hydrogen) atoms. The maximum absolute atomic E-state index is 10.8. The second-order valence-electron chi connectivity index (χ2n) is 3.33. The molecule has 84 valence electrons. The molecule has 0 N–H and O–H groups in total. The van der Waals surface area contributed by atoms with Gasteiger partial charge in [0.1, 0.15) is 11.9 Å². The van der Waals surface area contributed by atoms with Crippen molar-refractivity contribution in [1.82, 2.24) is 14.6 Å². The molecule has 0 fully saturated rings. The van der Waals surface area contributed by atoms with Crippen LogP contribution in [0.25, 0.3) is 17.1 Å². The van der Waals surface area contributed by atoms with Crippen LogP contribution in [0.2, 0.25) is 0 Å². The van der Waals surface area contributed by atoms with Gasteiger partial charge in [0, 0.05) is 6.20 Å². The molecule has 0 saturated heterocycles. The van der Waals surface area contributed by atoms with E-state index in [-0.39, 0.29) is 11.3 Å². The second kappa shape index (κ2) is 3.41. The van der Waals surface area contributed by atoms with E-state index >= 15 is 0 Å². The van der Waals surface area contributed by atoms with Crippen LogP contribution in [-0.2, 0) is 0 Å². The lowest BCUT2D eigenvalue weighted by atomic mass is 10.3. The zero-order valence-electron chi connectivity index (χ0n) is 8.48. The molecule has 0 radical (unpaired) electrons. The third-order valence-corrected chi connectivity index (χ3v) is 2.35. The summed E-state index contributed by atoms with van der Waals surface area (Å²) in [6.45, 7) is 0. The van der Waals surface area contributed by atoms with Crippen LogP contribution in [0, 0.1) is 10.1 Å². The van der Waals surface area contributed by atoms with E-state index in [0.717, 1.165) is 0 Å². The highest BCUT2D eigenvalue weighted by Gasteiger charge is 2.18. The van der Waals surface area contributed by atoms with E-state index in [9.17, 15) is 10.1 Å². The summed E-state index contributed by atoms with van der Waals surface area (Å²) in [5.41, 5.74) is 0.690. The Morgan fingerprint density at radius 2 is 2.29 bits per heavy atom. The van der Waals surface area contributed by atoms with Crippen LogP contribution in [0.5, 0.6) is 0 Å². The smallest absolute Gasteiger partial charge is 0.333 e.